The summed E-state index contributed by atoms with van der Waals surface area (Å²) >= 11 is 0. The number of aromatic nitrogens is 2. The fourth-order valence-electron chi connectivity index (χ4n) is 2.11. The fraction of sp³-hybridized carbons (Fsp3) is 0.125. The summed E-state index contributed by atoms with van der Waals surface area (Å²) in [5.41, 5.74) is 2.09. The lowest BCUT2D eigenvalue weighted by Crippen LogP contribution is -2.38. The van der Waals surface area contributed by atoms with Crippen LogP contribution in [0.1, 0.15) is 11.3 Å². The van der Waals surface area contributed by atoms with Gasteiger partial charge >= 0.3 is 0 Å². The Balaban J connectivity index is 1.70. The number of halogens is 1. The van der Waals surface area contributed by atoms with Crippen molar-refractivity contribution in [3.8, 4) is 11.6 Å². The van der Waals surface area contributed by atoms with E-state index in [9.17, 15) is 9.50 Å². The lowest BCUT2D eigenvalue weighted by molar-refractivity contribution is -0.677. The maximum atomic E-state index is 12.8. The maximum absolute atomic E-state index is 12.8. The zero-order valence-corrected chi connectivity index (χ0v) is 11.7. The van der Waals surface area contributed by atoms with Gasteiger partial charge in [-0.1, -0.05) is 30.3 Å². The van der Waals surface area contributed by atoms with Gasteiger partial charge in [-0.2, -0.15) is 0 Å². The first-order valence-corrected chi connectivity index (χ1v) is 6.82. The van der Waals surface area contributed by atoms with Gasteiger partial charge in [0, 0.05) is 18.7 Å². The van der Waals surface area contributed by atoms with Gasteiger partial charge in [0.15, 0.2) is 5.95 Å². The summed E-state index contributed by atoms with van der Waals surface area (Å²) in [5.74, 6) is -0.748. The van der Waals surface area contributed by atoms with Crippen molar-refractivity contribution in [3.05, 3.63) is 71.7 Å². The first-order valence-electron chi connectivity index (χ1n) is 6.82. The van der Waals surface area contributed by atoms with E-state index in [0.717, 1.165) is 11.3 Å². The van der Waals surface area contributed by atoms with E-state index in [0.29, 0.717) is 18.8 Å². The van der Waals surface area contributed by atoms with Crippen LogP contribution >= 0.6 is 0 Å². The van der Waals surface area contributed by atoms with E-state index >= 15 is 0 Å². The van der Waals surface area contributed by atoms with Crippen LogP contribution in [0.2, 0.25) is 0 Å². The fourth-order valence-corrected chi connectivity index (χ4v) is 2.11. The number of hydrogen-bond donors (Lipinski definition) is 1. The molecule has 1 aromatic heterocycles. The van der Waals surface area contributed by atoms with Crippen molar-refractivity contribution >= 4 is 0 Å². The van der Waals surface area contributed by atoms with E-state index in [1.807, 2.05) is 30.3 Å². The SMILES string of the molecule is [O-]c1on[n+](-c2ccccc2)c1CNCc1ccc(F)cc1. The molecule has 0 spiro atoms. The van der Waals surface area contributed by atoms with Crippen molar-refractivity contribution in [2.24, 2.45) is 0 Å². The molecule has 0 aliphatic rings. The van der Waals surface area contributed by atoms with E-state index in [2.05, 4.69) is 10.6 Å². The van der Waals surface area contributed by atoms with Gasteiger partial charge < -0.3 is 14.9 Å². The lowest BCUT2D eigenvalue weighted by atomic mass is 10.2. The lowest BCUT2D eigenvalue weighted by Gasteiger charge is -2.03. The number of nitrogens with one attached hydrogen (secondary N) is 1. The first-order chi connectivity index (χ1) is 10.7. The molecule has 0 aliphatic heterocycles. The molecule has 3 rings (SSSR count). The molecule has 6 heteroatoms. The van der Waals surface area contributed by atoms with Crippen molar-refractivity contribution < 1.29 is 18.7 Å². The Kier molecular flexibility index (Phi) is 4.11. The van der Waals surface area contributed by atoms with Crippen LogP contribution < -0.4 is 15.1 Å². The Morgan fingerprint density at radius 2 is 1.77 bits per heavy atom. The molecule has 0 atom stereocenters. The van der Waals surface area contributed by atoms with Crippen molar-refractivity contribution in [1.29, 1.82) is 0 Å². The second kappa shape index (κ2) is 6.36. The van der Waals surface area contributed by atoms with E-state index in [4.69, 9.17) is 4.52 Å². The van der Waals surface area contributed by atoms with Crippen molar-refractivity contribution in [2.45, 2.75) is 13.1 Å². The Labute approximate surface area is 126 Å². The summed E-state index contributed by atoms with van der Waals surface area (Å²) in [4.78, 5) is 0. The van der Waals surface area contributed by atoms with Crippen molar-refractivity contribution in [1.82, 2.24) is 10.6 Å². The summed E-state index contributed by atoms with van der Waals surface area (Å²) in [7, 11) is 0. The summed E-state index contributed by atoms with van der Waals surface area (Å²) < 4.78 is 19.0. The van der Waals surface area contributed by atoms with E-state index in [-0.39, 0.29) is 5.82 Å². The number of hydrogen-bond acceptors (Lipinski definition) is 4. The molecule has 5 nitrogen and oxygen atoms in total. The molecule has 2 aromatic carbocycles. The van der Waals surface area contributed by atoms with Gasteiger partial charge in [0.25, 0.3) is 5.69 Å². The van der Waals surface area contributed by atoms with Gasteiger partial charge in [-0.05, 0) is 22.4 Å². The first kappa shape index (κ1) is 14.2. The van der Waals surface area contributed by atoms with Crippen LogP contribution in [0.5, 0.6) is 5.95 Å². The highest BCUT2D eigenvalue weighted by Crippen LogP contribution is 2.10. The summed E-state index contributed by atoms with van der Waals surface area (Å²) in [6.07, 6.45) is 0. The average Bonchev–Trinajstić information content (AvgIpc) is 2.91. The minimum absolute atomic E-state index is 0.272. The Morgan fingerprint density at radius 3 is 2.50 bits per heavy atom. The molecule has 1 N–H and O–H groups in total. The smallest absolute Gasteiger partial charge is 0.253 e. The van der Waals surface area contributed by atoms with Gasteiger partial charge in [0.2, 0.25) is 5.69 Å². The molecule has 0 unspecified atom stereocenters. The van der Waals surface area contributed by atoms with Gasteiger partial charge in [0.05, 0.1) is 11.8 Å². The van der Waals surface area contributed by atoms with Crippen LogP contribution in [0.25, 0.3) is 5.69 Å². The molecule has 0 amide bonds. The molecule has 0 saturated heterocycles. The molecule has 0 aliphatic carbocycles. The van der Waals surface area contributed by atoms with Crippen molar-refractivity contribution in [2.75, 3.05) is 0 Å². The monoisotopic (exact) mass is 299 g/mol. The Morgan fingerprint density at radius 1 is 1.05 bits per heavy atom. The highest BCUT2D eigenvalue weighted by atomic mass is 19.1. The minimum atomic E-state index is -0.476. The topological polar surface area (TPSA) is 65.0 Å². The second-order valence-corrected chi connectivity index (χ2v) is 4.78. The standard InChI is InChI=1S/C16H14FN3O2/c17-13-8-6-12(7-9-13)10-18-11-15-16(21)22-19-20(15)14-4-2-1-3-5-14/h1-9,18H,10-11H2. The Hall–Kier alpha value is -2.73. The third-order valence-corrected chi connectivity index (χ3v) is 3.23. The van der Waals surface area contributed by atoms with Crippen molar-refractivity contribution in [3.63, 3.8) is 0 Å². The van der Waals surface area contributed by atoms with Gasteiger partial charge in [0.1, 0.15) is 5.82 Å². The van der Waals surface area contributed by atoms with E-state index in [1.165, 1.54) is 16.8 Å². The van der Waals surface area contributed by atoms with Crippen LogP contribution in [0.3, 0.4) is 0 Å². The number of para-hydroxylation sites is 1. The predicted molar refractivity (Wildman–Crippen MR) is 74.4 cm³/mol. The third-order valence-electron chi connectivity index (χ3n) is 3.23. The van der Waals surface area contributed by atoms with Gasteiger partial charge in [-0.15, -0.1) is 0 Å². The molecule has 0 fully saturated rings. The molecule has 0 radical (unpaired) electrons. The summed E-state index contributed by atoms with van der Waals surface area (Å²) in [6.45, 7) is 0.814. The van der Waals surface area contributed by atoms with Crippen LogP contribution in [0, 0.1) is 5.82 Å². The number of nitrogens with zero attached hydrogens (tertiary/aromatic N) is 2. The van der Waals surface area contributed by atoms with E-state index in [1.54, 1.807) is 12.1 Å². The number of benzene rings is 2. The summed E-state index contributed by atoms with van der Waals surface area (Å²) in [6, 6.07) is 15.5. The summed E-state index contributed by atoms with van der Waals surface area (Å²) in [5, 5.41) is 18.7. The highest BCUT2D eigenvalue weighted by Gasteiger charge is 2.19. The van der Waals surface area contributed by atoms with Gasteiger partial charge in [-0.25, -0.2) is 4.39 Å². The molecular weight excluding hydrogens is 285 g/mol. The zero-order valence-electron chi connectivity index (χ0n) is 11.7. The third kappa shape index (κ3) is 3.12. The molecular formula is C16H14FN3O2. The predicted octanol–water partition coefficient (Wildman–Crippen LogP) is 1.45. The normalized spacial score (nSPS) is 10.8. The van der Waals surface area contributed by atoms with Gasteiger partial charge in [-0.3, -0.25) is 0 Å². The maximum Gasteiger partial charge on any atom is 0.253 e. The van der Waals surface area contributed by atoms with Crippen LogP contribution in [0.4, 0.5) is 4.39 Å². The quantitative estimate of drug-likeness (QED) is 0.724. The van der Waals surface area contributed by atoms with Crippen LogP contribution in [-0.4, -0.2) is 5.27 Å². The van der Waals surface area contributed by atoms with Crippen LogP contribution in [0.15, 0.2) is 59.1 Å². The molecule has 112 valence electrons. The minimum Gasteiger partial charge on any atom is -0.539 e. The molecule has 3 aromatic rings. The molecule has 0 bridgehead atoms. The second-order valence-electron chi connectivity index (χ2n) is 4.78. The Bertz CT molecular complexity index is 742. The zero-order chi connectivity index (χ0) is 15.4. The largest absolute Gasteiger partial charge is 0.539 e. The molecule has 1 heterocycles. The highest BCUT2D eigenvalue weighted by molar-refractivity contribution is 5.22. The molecule has 22 heavy (non-hydrogen) atoms. The van der Waals surface area contributed by atoms with Crippen LogP contribution in [-0.2, 0) is 13.1 Å². The molecule has 0 saturated carbocycles. The average molecular weight is 299 g/mol. The number of rotatable bonds is 5. The van der Waals surface area contributed by atoms with E-state index < -0.39 is 5.95 Å².